The highest BCUT2D eigenvalue weighted by molar-refractivity contribution is 5.80. The summed E-state index contributed by atoms with van der Waals surface area (Å²) in [5.41, 5.74) is 2.36. The molecule has 1 aromatic carbocycles. The van der Waals surface area contributed by atoms with Gasteiger partial charge in [-0.3, -0.25) is 9.78 Å². The second-order valence-electron chi connectivity index (χ2n) is 5.02. The molecule has 0 N–H and O–H groups in total. The van der Waals surface area contributed by atoms with Crippen LogP contribution in [0, 0.1) is 0 Å². The number of benzene rings is 1. The Labute approximate surface area is 126 Å². The Morgan fingerprint density at radius 1 is 1.23 bits per heavy atom. The molecule has 0 spiro atoms. The molecular weight excluding hydrogens is 290 g/mol. The van der Waals surface area contributed by atoms with Gasteiger partial charge in [-0.05, 0) is 17.7 Å². The third-order valence-electron chi connectivity index (χ3n) is 3.57. The van der Waals surface area contributed by atoms with Crippen LogP contribution in [0.5, 0.6) is 5.75 Å². The number of rotatable bonds is 4. The zero-order valence-electron chi connectivity index (χ0n) is 11.7. The van der Waals surface area contributed by atoms with Gasteiger partial charge in [-0.25, -0.2) is 0 Å². The number of halogens is 2. The molecule has 1 aliphatic heterocycles. The SMILES string of the molecule is O=C(Cc1ccccc1OC(F)F)N1Cc2cccnc2C1. The number of amides is 1. The molecule has 0 fully saturated rings. The van der Waals surface area contributed by atoms with Crippen LogP contribution < -0.4 is 4.74 Å². The van der Waals surface area contributed by atoms with Crippen molar-refractivity contribution in [3.63, 3.8) is 0 Å². The van der Waals surface area contributed by atoms with Gasteiger partial charge in [0.15, 0.2) is 0 Å². The van der Waals surface area contributed by atoms with Crippen molar-refractivity contribution in [1.29, 1.82) is 0 Å². The first-order chi connectivity index (χ1) is 10.6. The average molecular weight is 304 g/mol. The Morgan fingerprint density at radius 2 is 2.05 bits per heavy atom. The van der Waals surface area contributed by atoms with Gasteiger partial charge in [0.05, 0.1) is 18.7 Å². The Balaban J connectivity index is 1.71. The maximum absolute atomic E-state index is 12.4. The lowest BCUT2D eigenvalue weighted by Gasteiger charge is -2.16. The van der Waals surface area contributed by atoms with E-state index in [-0.39, 0.29) is 18.1 Å². The molecule has 1 aromatic heterocycles. The molecule has 22 heavy (non-hydrogen) atoms. The number of carbonyl (C=O) groups is 1. The van der Waals surface area contributed by atoms with E-state index in [1.54, 1.807) is 29.3 Å². The van der Waals surface area contributed by atoms with E-state index in [1.165, 1.54) is 6.07 Å². The minimum absolute atomic E-state index is 0.0247. The average Bonchev–Trinajstić information content (AvgIpc) is 2.93. The Bertz CT molecular complexity index is 666. The highest BCUT2D eigenvalue weighted by atomic mass is 19.3. The van der Waals surface area contributed by atoms with Crippen LogP contribution in [0.4, 0.5) is 8.78 Å². The van der Waals surface area contributed by atoms with Gasteiger partial charge in [-0.15, -0.1) is 0 Å². The van der Waals surface area contributed by atoms with E-state index in [2.05, 4.69) is 9.72 Å². The van der Waals surface area contributed by atoms with E-state index in [0.717, 1.165) is 11.3 Å². The van der Waals surface area contributed by atoms with Crippen molar-refractivity contribution < 1.29 is 18.3 Å². The van der Waals surface area contributed by atoms with Crippen molar-refractivity contribution >= 4 is 5.91 Å². The molecule has 0 atom stereocenters. The number of carbonyl (C=O) groups excluding carboxylic acids is 1. The van der Waals surface area contributed by atoms with Crippen LogP contribution in [0.3, 0.4) is 0 Å². The Morgan fingerprint density at radius 3 is 2.82 bits per heavy atom. The van der Waals surface area contributed by atoms with E-state index < -0.39 is 6.61 Å². The van der Waals surface area contributed by atoms with Gasteiger partial charge in [0.25, 0.3) is 0 Å². The third kappa shape index (κ3) is 3.05. The molecule has 3 rings (SSSR count). The first kappa shape index (κ1) is 14.4. The number of ether oxygens (including phenoxy) is 1. The second kappa shape index (κ2) is 6.09. The summed E-state index contributed by atoms with van der Waals surface area (Å²) < 4.78 is 29.2. The molecule has 0 bridgehead atoms. The monoisotopic (exact) mass is 304 g/mol. The molecule has 0 saturated heterocycles. The maximum atomic E-state index is 12.4. The van der Waals surface area contributed by atoms with Crippen molar-refractivity contribution in [2.45, 2.75) is 26.1 Å². The fourth-order valence-corrected chi connectivity index (χ4v) is 2.51. The summed E-state index contributed by atoms with van der Waals surface area (Å²) in [6.45, 7) is -1.95. The van der Waals surface area contributed by atoms with Crippen molar-refractivity contribution in [2.24, 2.45) is 0 Å². The van der Waals surface area contributed by atoms with Gasteiger partial charge in [0.1, 0.15) is 5.75 Å². The number of pyridine rings is 1. The summed E-state index contributed by atoms with van der Waals surface area (Å²) in [5.74, 6) is -0.0935. The van der Waals surface area contributed by atoms with Crippen molar-refractivity contribution in [3.8, 4) is 5.75 Å². The molecule has 114 valence electrons. The minimum atomic E-state index is -2.91. The minimum Gasteiger partial charge on any atom is -0.435 e. The smallest absolute Gasteiger partial charge is 0.387 e. The summed E-state index contributed by atoms with van der Waals surface area (Å²) in [7, 11) is 0. The maximum Gasteiger partial charge on any atom is 0.387 e. The Kier molecular flexibility index (Phi) is 4.00. The van der Waals surface area contributed by atoms with Gasteiger partial charge in [0, 0.05) is 18.3 Å². The molecule has 0 saturated carbocycles. The molecule has 1 amide bonds. The quantitative estimate of drug-likeness (QED) is 0.872. The van der Waals surface area contributed by atoms with Crippen LogP contribution in [-0.2, 0) is 24.3 Å². The zero-order chi connectivity index (χ0) is 15.5. The first-order valence-electron chi connectivity index (χ1n) is 6.87. The second-order valence-corrected chi connectivity index (χ2v) is 5.02. The first-order valence-corrected chi connectivity index (χ1v) is 6.87. The molecule has 2 heterocycles. The molecular formula is C16H14F2N2O2. The number of nitrogens with zero attached hydrogens (tertiary/aromatic N) is 2. The number of para-hydroxylation sites is 1. The molecule has 6 heteroatoms. The predicted octanol–water partition coefficient (Wildman–Crippen LogP) is 2.77. The molecule has 0 unspecified atom stereocenters. The van der Waals surface area contributed by atoms with E-state index in [4.69, 9.17) is 0 Å². The van der Waals surface area contributed by atoms with Crippen LogP contribution >= 0.6 is 0 Å². The molecule has 0 radical (unpaired) electrons. The molecule has 4 nitrogen and oxygen atoms in total. The van der Waals surface area contributed by atoms with Crippen LogP contribution in [0.15, 0.2) is 42.6 Å². The molecule has 0 aliphatic carbocycles. The van der Waals surface area contributed by atoms with E-state index >= 15 is 0 Å². The normalized spacial score (nSPS) is 13.3. The largest absolute Gasteiger partial charge is 0.435 e. The fourth-order valence-electron chi connectivity index (χ4n) is 2.51. The van der Waals surface area contributed by atoms with Gasteiger partial charge in [-0.2, -0.15) is 8.78 Å². The predicted molar refractivity (Wildman–Crippen MR) is 75.3 cm³/mol. The number of alkyl halides is 2. The van der Waals surface area contributed by atoms with Crippen molar-refractivity contribution in [1.82, 2.24) is 9.88 Å². The van der Waals surface area contributed by atoms with Crippen LogP contribution in [-0.4, -0.2) is 22.4 Å². The summed E-state index contributed by atoms with van der Waals surface area (Å²) in [6, 6.07) is 10.1. The Hall–Kier alpha value is -2.50. The van der Waals surface area contributed by atoms with E-state index in [9.17, 15) is 13.6 Å². The highest BCUT2D eigenvalue weighted by Gasteiger charge is 2.24. The van der Waals surface area contributed by atoms with E-state index in [1.807, 2.05) is 12.1 Å². The van der Waals surface area contributed by atoms with Gasteiger partial charge >= 0.3 is 6.61 Å². The molecule has 1 aliphatic rings. The summed E-state index contributed by atoms with van der Waals surface area (Å²) >= 11 is 0. The summed E-state index contributed by atoms with van der Waals surface area (Å²) in [5, 5.41) is 0. The highest BCUT2D eigenvalue weighted by Crippen LogP contribution is 2.24. The lowest BCUT2D eigenvalue weighted by molar-refractivity contribution is -0.131. The van der Waals surface area contributed by atoms with Crippen LogP contribution in [0.2, 0.25) is 0 Å². The summed E-state index contributed by atoms with van der Waals surface area (Å²) in [6.07, 6.45) is 1.72. The van der Waals surface area contributed by atoms with Crippen LogP contribution in [0.25, 0.3) is 0 Å². The van der Waals surface area contributed by atoms with Gasteiger partial charge in [0.2, 0.25) is 5.91 Å². The van der Waals surface area contributed by atoms with Crippen molar-refractivity contribution in [2.75, 3.05) is 0 Å². The number of hydrogen-bond donors (Lipinski definition) is 0. The van der Waals surface area contributed by atoms with Gasteiger partial charge < -0.3 is 9.64 Å². The topological polar surface area (TPSA) is 42.4 Å². The lowest BCUT2D eigenvalue weighted by atomic mass is 10.1. The van der Waals surface area contributed by atoms with Crippen LogP contribution in [0.1, 0.15) is 16.8 Å². The fraction of sp³-hybridized carbons (Fsp3) is 0.250. The lowest BCUT2D eigenvalue weighted by Crippen LogP contribution is -2.27. The van der Waals surface area contributed by atoms with Crippen molar-refractivity contribution in [3.05, 3.63) is 59.4 Å². The number of aromatic nitrogens is 1. The molecule has 2 aromatic rings. The zero-order valence-corrected chi connectivity index (χ0v) is 11.7. The summed E-state index contributed by atoms with van der Waals surface area (Å²) in [4.78, 5) is 18.3. The number of hydrogen-bond acceptors (Lipinski definition) is 3. The standard InChI is InChI=1S/C16H14F2N2O2/c17-16(18)22-14-6-2-1-4-11(14)8-15(21)20-9-12-5-3-7-19-13(12)10-20/h1-7,16H,8-10H2. The third-order valence-corrected chi connectivity index (χ3v) is 3.57. The number of fused-ring (bicyclic) bond motifs is 1. The van der Waals surface area contributed by atoms with E-state index in [0.29, 0.717) is 18.7 Å². The van der Waals surface area contributed by atoms with Gasteiger partial charge in [-0.1, -0.05) is 24.3 Å².